The molecule has 2 heterocycles. The van der Waals surface area contributed by atoms with Crippen LogP contribution < -0.4 is 0 Å². The summed E-state index contributed by atoms with van der Waals surface area (Å²) in [5.41, 5.74) is -4.84. The van der Waals surface area contributed by atoms with E-state index in [4.69, 9.17) is 9.47 Å². The number of benzene rings is 3. The summed E-state index contributed by atoms with van der Waals surface area (Å²) < 4.78 is 93.7. The smallest absolute Gasteiger partial charge is 0.416 e. The summed E-state index contributed by atoms with van der Waals surface area (Å²) in [4.78, 5) is 29.7. The Morgan fingerprint density at radius 1 is 0.938 bits per heavy atom. The van der Waals surface area contributed by atoms with Crippen LogP contribution in [-0.2, 0) is 38.8 Å². The molecule has 0 N–H and O–H groups in total. The zero-order valence-corrected chi connectivity index (χ0v) is 26.0. The van der Waals surface area contributed by atoms with E-state index in [1.165, 1.54) is 16.7 Å². The largest absolute Gasteiger partial charge is 0.445 e. The zero-order chi connectivity index (χ0) is 34.7. The maximum atomic E-state index is 14.1. The molecule has 0 aromatic heterocycles. The fourth-order valence-electron chi connectivity index (χ4n) is 6.40. The molecule has 2 fully saturated rings. The highest BCUT2D eigenvalue weighted by atomic mass is 19.4. The Hall–Kier alpha value is -4.57. The first-order chi connectivity index (χ1) is 22.7. The topological polar surface area (TPSA) is 82.9 Å². The van der Waals surface area contributed by atoms with E-state index in [0.29, 0.717) is 36.2 Å². The number of carbonyl (C=O) groups excluding carboxylic acids is 2. The summed E-state index contributed by atoms with van der Waals surface area (Å²) in [6, 6.07) is 21.0. The fourth-order valence-corrected chi connectivity index (χ4v) is 6.40. The average molecular weight is 674 g/mol. The molecule has 5 rings (SSSR count). The highest BCUT2D eigenvalue weighted by Gasteiger charge is 2.56. The van der Waals surface area contributed by atoms with Crippen molar-refractivity contribution in [2.75, 3.05) is 19.7 Å². The van der Waals surface area contributed by atoms with Gasteiger partial charge in [0.25, 0.3) is 0 Å². The Labute approximate surface area is 273 Å². The lowest BCUT2D eigenvalue weighted by molar-refractivity contribution is -0.143. The molecule has 2 saturated heterocycles. The van der Waals surface area contributed by atoms with Gasteiger partial charge in [-0.05, 0) is 61.1 Å². The molecular weight excluding hydrogens is 640 g/mol. The van der Waals surface area contributed by atoms with Crippen molar-refractivity contribution in [1.82, 2.24) is 9.80 Å². The molecule has 0 saturated carbocycles. The van der Waals surface area contributed by atoms with Crippen LogP contribution >= 0.6 is 0 Å². The van der Waals surface area contributed by atoms with Crippen molar-refractivity contribution in [2.45, 2.75) is 68.7 Å². The van der Waals surface area contributed by atoms with E-state index in [9.17, 15) is 41.2 Å². The van der Waals surface area contributed by atoms with Gasteiger partial charge in [-0.3, -0.25) is 9.69 Å². The number of nitrogens with zero attached hydrogens (tertiary/aromatic N) is 3. The standard InChI is InChI=1S/C35H33F6N3O4/c1-24(26-17-28(34(36,37)38)19-29(18-26)35(39,40)41)48-23-33(27-11-6-3-7-12-27)15-14-32(21-42,43-16-8-13-30(43)45)22-44(33)31(46)47-20-25-9-4-2-5-10-25/h2-7,9-12,17-19,24H,8,13-16,20,22-23H2,1H3/t24-,32+,33-/m1/s1. The Morgan fingerprint density at radius 3 is 2.08 bits per heavy atom. The van der Waals surface area contributed by atoms with Crippen LogP contribution in [0.2, 0.25) is 0 Å². The molecule has 3 aromatic rings. The lowest BCUT2D eigenvalue weighted by atomic mass is 9.74. The summed E-state index contributed by atoms with van der Waals surface area (Å²) in [7, 11) is 0. The van der Waals surface area contributed by atoms with Gasteiger partial charge >= 0.3 is 18.4 Å². The number of carbonyl (C=O) groups is 2. The van der Waals surface area contributed by atoms with E-state index in [0.717, 1.165) is 0 Å². The second kappa shape index (κ2) is 13.5. The van der Waals surface area contributed by atoms with Gasteiger partial charge < -0.3 is 14.4 Å². The van der Waals surface area contributed by atoms with E-state index < -0.39 is 46.8 Å². The van der Waals surface area contributed by atoms with Crippen LogP contribution in [0.15, 0.2) is 78.9 Å². The van der Waals surface area contributed by atoms with Crippen LogP contribution in [0.5, 0.6) is 0 Å². The van der Waals surface area contributed by atoms with Crippen molar-refractivity contribution in [3.05, 3.63) is 107 Å². The predicted octanol–water partition coefficient (Wildman–Crippen LogP) is 8.01. The van der Waals surface area contributed by atoms with Gasteiger partial charge in [0.05, 0.1) is 42.0 Å². The molecule has 3 atom stereocenters. The number of alkyl halides is 6. The molecule has 2 aliphatic rings. The number of halogens is 6. The average Bonchev–Trinajstić information content (AvgIpc) is 3.52. The Balaban J connectivity index is 1.54. The number of nitriles is 1. The van der Waals surface area contributed by atoms with Crippen LogP contribution in [0.3, 0.4) is 0 Å². The highest BCUT2D eigenvalue weighted by Crippen LogP contribution is 2.46. The Bertz CT molecular complexity index is 1630. The van der Waals surface area contributed by atoms with Crippen LogP contribution in [0.25, 0.3) is 0 Å². The van der Waals surface area contributed by atoms with Gasteiger partial charge in [0.1, 0.15) is 12.1 Å². The molecule has 0 radical (unpaired) electrons. The van der Waals surface area contributed by atoms with Crippen molar-refractivity contribution in [3.63, 3.8) is 0 Å². The second-order valence-corrected chi connectivity index (χ2v) is 12.1. The number of piperidine rings is 1. The van der Waals surface area contributed by atoms with Gasteiger partial charge in [-0.1, -0.05) is 60.7 Å². The van der Waals surface area contributed by atoms with Gasteiger partial charge in [-0.25, -0.2) is 4.79 Å². The minimum Gasteiger partial charge on any atom is -0.445 e. The van der Waals surface area contributed by atoms with E-state index in [1.54, 1.807) is 60.7 Å². The van der Waals surface area contributed by atoms with Crippen molar-refractivity contribution in [3.8, 4) is 6.07 Å². The third kappa shape index (κ3) is 7.13. The lowest BCUT2D eigenvalue weighted by Crippen LogP contribution is -2.66. The van der Waals surface area contributed by atoms with Crippen LogP contribution in [0.4, 0.5) is 31.1 Å². The number of amides is 2. The van der Waals surface area contributed by atoms with Crippen molar-refractivity contribution >= 4 is 12.0 Å². The van der Waals surface area contributed by atoms with Crippen molar-refractivity contribution < 1.29 is 45.4 Å². The predicted molar refractivity (Wildman–Crippen MR) is 161 cm³/mol. The maximum Gasteiger partial charge on any atom is 0.416 e. The normalized spacial score (nSPS) is 22.3. The first-order valence-corrected chi connectivity index (χ1v) is 15.4. The molecule has 0 bridgehead atoms. The molecule has 13 heteroatoms. The van der Waals surface area contributed by atoms with E-state index >= 15 is 0 Å². The number of likely N-dealkylation sites (tertiary alicyclic amines) is 2. The summed E-state index contributed by atoms with van der Waals surface area (Å²) in [6.07, 6.45) is -11.2. The SMILES string of the molecule is C[C@@H](OC[C@@]1(c2ccccc2)CC[C@@](C#N)(N2CCCC2=O)CN1C(=O)OCc1ccccc1)c1cc(C(F)(F)F)cc(C(F)(F)F)c1. The van der Waals surface area contributed by atoms with E-state index in [1.807, 2.05) is 0 Å². The third-order valence-electron chi connectivity index (χ3n) is 9.07. The van der Waals surface area contributed by atoms with E-state index in [-0.39, 0.29) is 56.6 Å². The van der Waals surface area contributed by atoms with Crippen LogP contribution in [0, 0.1) is 11.3 Å². The van der Waals surface area contributed by atoms with Crippen molar-refractivity contribution in [1.29, 1.82) is 5.26 Å². The van der Waals surface area contributed by atoms with E-state index in [2.05, 4.69) is 6.07 Å². The van der Waals surface area contributed by atoms with Gasteiger partial charge in [0.2, 0.25) is 5.91 Å². The molecule has 0 spiro atoms. The Kier molecular flexibility index (Phi) is 9.78. The molecule has 254 valence electrons. The number of hydrogen-bond acceptors (Lipinski definition) is 5. The molecule has 48 heavy (non-hydrogen) atoms. The Morgan fingerprint density at radius 2 is 1.54 bits per heavy atom. The summed E-state index contributed by atoms with van der Waals surface area (Å²) in [5.74, 6) is -0.226. The van der Waals surface area contributed by atoms with Crippen LogP contribution in [-0.4, -0.2) is 47.0 Å². The zero-order valence-electron chi connectivity index (χ0n) is 26.0. The highest BCUT2D eigenvalue weighted by molar-refractivity contribution is 5.80. The molecule has 7 nitrogen and oxygen atoms in total. The minimum atomic E-state index is -5.04. The van der Waals surface area contributed by atoms with Gasteiger partial charge in [-0.15, -0.1) is 0 Å². The molecule has 3 aromatic carbocycles. The summed E-state index contributed by atoms with van der Waals surface area (Å²) in [5, 5.41) is 10.5. The molecule has 2 aliphatic heterocycles. The number of rotatable bonds is 8. The summed E-state index contributed by atoms with van der Waals surface area (Å²) in [6.45, 7) is 0.897. The molecular formula is C35H33F6N3O4. The number of ether oxygens (including phenoxy) is 2. The molecule has 0 unspecified atom stereocenters. The monoisotopic (exact) mass is 673 g/mol. The molecule has 0 aliphatic carbocycles. The maximum absolute atomic E-state index is 14.1. The van der Waals surface area contributed by atoms with Gasteiger partial charge in [-0.2, -0.15) is 31.6 Å². The fraction of sp³-hybridized carbons (Fsp3) is 0.400. The van der Waals surface area contributed by atoms with Gasteiger partial charge in [0, 0.05) is 13.0 Å². The lowest BCUT2D eigenvalue weighted by Gasteiger charge is -2.53. The summed E-state index contributed by atoms with van der Waals surface area (Å²) >= 11 is 0. The van der Waals surface area contributed by atoms with Gasteiger partial charge in [0.15, 0.2) is 0 Å². The first kappa shape index (κ1) is 34.8. The van der Waals surface area contributed by atoms with Crippen molar-refractivity contribution in [2.24, 2.45) is 0 Å². The minimum absolute atomic E-state index is 0.0500. The number of hydrogen-bond donors (Lipinski definition) is 0. The van der Waals surface area contributed by atoms with Crippen LogP contribution in [0.1, 0.15) is 66.5 Å². The first-order valence-electron chi connectivity index (χ1n) is 15.4. The third-order valence-corrected chi connectivity index (χ3v) is 9.07. The quantitative estimate of drug-likeness (QED) is 0.226. The second-order valence-electron chi connectivity index (χ2n) is 12.1. The molecule has 2 amide bonds.